The van der Waals surface area contributed by atoms with Gasteiger partial charge in [-0.1, -0.05) is 15.9 Å². The maximum atomic E-state index is 12.7. The quantitative estimate of drug-likeness (QED) is 0.761. The van der Waals surface area contributed by atoms with E-state index in [0.717, 1.165) is 15.7 Å². The lowest BCUT2D eigenvalue weighted by Gasteiger charge is -2.22. The number of halogens is 1. The highest BCUT2D eigenvalue weighted by molar-refractivity contribution is 9.10. The monoisotopic (exact) mass is 390 g/mol. The molecule has 0 saturated heterocycles. The number of hydrogen-bond donors (Lipinski definition) is 2. The van der Waals surface area contributed by atoms with Crippen LogP contribution >= 0.6 is 15.9 Å². The molecule has 0 radical (unpaired) electrons. The average molecular weight is 391 g/mol. The zero-order valence-electron chi connectivity index (χ0n) is 14.5. The van der Waals surface area contributed by atoms with Crippen molar-refractivity contribution in [3.8, 4) is 0 Å². The first kappa shape index (κ1) is 17.0. The first-order valence-electron chi connectivity index (χ1n) is 8.14. The molecule has 128 valence electrons. The first-order valence-corrected chi connectivity index (χ1v) is 8.93. The van der Waals surface area contributed by atoms with Crippen LogP contribution in [0.15, 0.2) is 22.7 Å². The predicted octanol–water partition coefficient (Wildman–Crippen LogP) is 4.42. The normalized spacial score (nSPS) is 14.7. The molecule has 5 nitrogen and oxygen atoms in total. The lowest BCUT2D eigenvalue weighted by molar-refractivity contribution is 0.102. The lowest BCUT2D eigenvalue weighted by atomic mass is 10.1. The Morgan fingerprint density at radius 3 is 2.58 bits per heavy atom. The summed E-state index contributed by atoms with van der Waals surface area (Å²) in [5.41, 5.74) is 9.60. The number of nitrogens with one attached hydrogen (secondary N) is 1. The van der Waals surface area contributed by atoms with Crippen LogP contribution in [0.4, 0.5) is 11.4 Å². The van der Waals surface area contributed by atoms with Crippen LogP contribution in [0, 0.1) is 6.92 Å². The van der Waals surface area contributed by atoms with Crippen LogP contribution in [-0.2, 0) is 5.54 Å². The summed E-state index contributed by atoms with van der Waals surface area (Å²) >= 11 is 3.44. The van der Waals surface area contributed by atoms with Crippen LogP contribution in [-0.4, -0.2) is 15.7 Å². The lowest BCUT2D eigenvalue weighted by Crippen LogP contribution is -2.25. The SMILES string of the molecule is Cc1cc(Br)cc(NC(=O)c2cc(C3CC3)n(C(C)(C)C)n2)c1N. The molecule has 0 unspecified atom stereocenters. The number of aryl methyl sites for hydroxylation is 1. The number of rotatable bonds is 3. The smallest absolute Gasteiger partial charge is 0.276 e. The van der Waals surface area contributed by atoms with Crippen LogP contribution in [0.3, 0.4) is 0 Å². The Hall–Kier alpha value is -1.82. The Balaban J connectivity index is 1.91. The van der Waals surface area contributed by atoms with Gasteiger partial charge < -0.3 is 11.1 Å². The Labute approximate surface area is 150 Å². The van der Waals surface area contributed by atoms with E-state index in [0.29, 0.717) is 23.0 Å². The van der Waals surface area contributed by atoms with Gasteiger partial charge in [0, 0.05) is 16.1 Å². The van der Waals surface area contributed by atoms with Crippen molar-refractivity contribution in [2.75, 3.05) is 11.1 Å². The zero-order chi connectivity index (χ0) is 17.6. The molecule has 1 aliphatic rings. The third kappa shape index (κ3) is 3.34. The molecule has 0 bridgehead atoms. The highest BCUT2D eigenvalue weighted by Gasteiger charge is 2.32. The van der Waals surface area contributed by atoms with Crippen LogP contribution in [0.2, 0.25) is 0 Å². The predicted molar refractivity (Wildman–Crippen MR) is 100 cm³/mol. The number of nitrogen functional groups attached to an aromatic ring is 1. The number of nitrogens with two attached hydrogens (primary N) is 1. The summed E-state index contributed by atoms with van der Waals surface area (Å²) in [5, 5.41) is 7.46. The molecule has 1 amide bonds. The second-order valence-corrected chi connectivity index (χ2v) is 8.37. The summed E-state index contributed by atoms with van der Waals surface area (Å²) < 4.78 is 2.86. The molecular formula is C18H23BrN4O. The van der Waals surface area contributed by atoms with Gasteiger partial charge in [-0.15, -0.1) is 0 Å². The number of anilines is 2. The van der Waals surface area contributed by atoms with Crippen LogP contribution < -0.4 is 11.1 Å². The van der Waals surface area contributed by atoms with Crippen molar-refractivity contribution in [1.82, 2.24) is 9.78 Å². The topological polar surface area (TPSA) is 72.9 Å². The maximum absolute atomic E-state index is 12.7. The minimum absolute atomic E-state index is 0.151. The summed E-state index contributed by atoms with van der Waals surface area (Å²) in [6.45, 7) is 8.21. The fourth-order valence-corrected chi connectivity index (χ4v) is 3.33. The standard InChI is InChI=1S/C18H23BrN4O/c1-10-7-12(19)8-13(16(10)20)21-17(24)14-9-15(11-5-6-11)23(22-14)18(2,3)4/h7-9,11H,5-6,20H2,1-4H3,(H,21,24). The van der Waals surface area contributed by atoms with E-state index >= 15 is 0 Å². The number of carbonyl (C=O) groups excluding carboxylic acids is 1. The van der Waals surface area contributed by atoms with Crippen LogP contribution in [0.5, 0.6) is 0 Å². The molecule has 0 spiro atoms. The number of nitrogens with zero attached hydrogens (tertiary/aromatic N) is 2. The molecule has 24 heavy (non-hydrogen) atoms. The van der Waals surface area contributed by atoms with Gasteiger partial charge in [0.1, 0.15) is 0 Å². The Morgan fingerprint density at radius 2 is 2.00 bits per heavy atom. The molecule has 1 saturated carbocycles. The summed E-state index contributed by atoms with van der Waals surface area (Å²) in [5.74, 6) is 0.292. The number of benzene rings is 1. The van der Waals surface area contributed by atoms with E-state index in [2.05, 4.69) is 47.1 Å². The van der Waals surface area contributed by atoms with Crippen molar-refractivity contribution < 1.29 is 4.79 Å². The molecular weight excluding hydrogens is 368 g/mol. The average Bonchev–Trinajstić information content (AvgIpc) is 3.21. The van der Waals surface area contributed by atoms with Crippen molar-refractivity contribution >= 4 is 33.2 Å². The van der Waals surface area contributed by atoms with Gasteiger partial charge >= 0.3 is 0 Å². The minimum Gasteiger partial charge on any atom is -0.397 e. The van der Waals surface area contributed by atoms with Gasteiger partial charge in [0.2, 0.25) is 0 Å². The van der Waals surface area contributed by atoms with Crippen molar-refractivity contribution in [1.29, 1.82) is 0 Å². The second kappa shape index (κ2) is 5.92. The van der Waals surface area contributed by atoms with Gasteiger partial charge in [0.05, 0.1) is 16.9 Å². The van der Waals surface area contributed by atoms with Gasteiger partial charge in [0.15, 0.2) is 5.69 Å². The Kier molecular flexibility index (Phi) is 4.20. The van der Waals surface area contributed by atoms with Gasteiger partial charge in [-0.05, 0) is 64.3 Å². The fourth-order valence-electron chi connectivity index (χ4n) is 2.76. The third-order valence-corrected chi connectivity index (χ3v) is 4.66. The Bertz CT molecular complexity index is 800. The molecule has 1 aromatic heterocycles. The first-order chi connectivity index (χ1) is 11.2. The molecule has 1 heterocycles. The number of aromatic nitrogens is 2. The molecule has 1 fully saturated rings. The summed E-state index contributed by atoms with van der Waals surface area (Å²) in [7, 11) is 0. The maximum Gasteiger partial charge on any atom is 0.276 e. The number of carbonyl (C=O) groups is 1. The van der Waals surface area contributed by atoms with Crippen molar-refractivity contribution in [2.24, 2.45) is 0 Å². The van der Waals surface area contributed by atoms with Gasteiger partial charge in [-0.3, -0.25) is 9.48 Å². The summed E-state index contributed by atoms with van der Waals surface area (Å²) in [6, 6.07) is 5.65. The molecule has 1 aromatic carbocycles. The van der Waals surface area contributed by atoms with E-state index in [1.165, 1.54) is 12.8 Å². The van der Waals surface area contributed by atoms with Crippen LogP contribution in [0.1, 0.15) is 61.3 Å². The molecule has 0 atom stereocenters. The van der Waals surface area contributed by atoms with Gasteiger partial charge in [0.25, 0.3) is 5.91 Å². The fraction of sp³-hybridized carbons (Fsp3) is 0.444. The minimum atomic E-state index is -0.232. The summed E-state index contributed by atoms with van der Waals surface area (Å²) in [6.07, 6.45) is 2.33. The van der Waals surface area contributed by atoms with Crippen LogP contribution in [0.25, 0.3) is 0 Å². The molecule has 0 aliphatic heterocycles. The highest BCUT2D eigenvalue weighted by Crippen LogP contribution is 2.41. The van der Waals surface area contributed by atoms with Crippen molar-refractivity contribution in [2.45, 2.75) is 52.0 Å². The van der Waals surface area contributed by atoms with E-state index in [1.807, 2.05) is 29.8 Å². The second-order valence-electron chi connectivity index (χ2n) is 7.45. The Morgan fingerprint density at radius 1 is 1.33 bits per heavy atom. The zero-order valence-corrected chi connectivity index (χ0v) is 16.1. The largest absolute Gasteiger partial charge is 0.397 e. The molecule has 1 aliphatic carbocycles. The van der Waals surface area contributed by atoms with Crippen molar-refractivity contribution in [3.05, 3.63) is 39.6 Å². The van der Waals surface area contributed by atoms with E-state index in [9.17, 15) is 4.79 Å². The van der Waals surface area contributed by atoms with E-state index in [1.54, 1.807) is 0 Å². The number of hydrogen-bond acceptors (Lipinski definition) is 3. The van der Waals surface area contributed by atoms with Gasteiger partial charge in [-0.25, -0.2) is 0 Å². The van der Waals surface area contributed by atoms with Crippen molar-refractivity contribution in [3.63, 3.8) is 0 Å². The van der Waals surface area contributed by atoms with E-state index in [4.69, 9.17) is 5.73 Å². The number of amides is 1. The van der Waals surface area contributed by atoms with E-state index < -0.39 is 0 Å². The molecule has 3 N–H and O–H groups in total. The highest BCUT2D eigenvalue weighted by atomic mass is 79.9. The molecule has 2 aromatic rings. The molecule has 3 rings (SSSR count). The van der Waals surface area contributed by atoms with E-state index in [-0.39, 0.29) is 11.4 Å². The molecule has 6 heteroatoms. The third-order valence-electron chi connectivity index (χ3n) is 4.20. The van der Waals surface area contributed by atoms with Gasteiger partial charge in [-0.2, -0.15) is 5.10 Å². The summed E-state index contributed by atoms with van der Waals surface area (Å²) in [4.78, 5) is 12.7.